The Kier molecular flexibility index (Phi) is 4.08. The molecule has 2 aliphatic rings. The zero-order valence-electron chi connectivity index (χ0n) is 13.9. The zero-order chi connectivity index (χ0) is 19.3. The molecule has 0 aliphatic carbocycles. The van der Waals surface area contributed by atoms with Crippen LogP contribution in [0.15, 0.2) is 48.5 Å². The molecule has 0 saturated carbocycles. The molecule has 4 rings (SSSR count). The van der Waals surface area contributed by atoms with Gasteiger partial charge in [0, 0.05) is 28.5 Å². The monoisotopic (exact) mass is 407 g/mol. The number of hydrogen-bond acceptors (Lipinski definition) is 5. The number of halogens is 1. The molecule has 0 radical (unpaired) electrons. The summed E-state index contributed by atoms with van der Waals surface area (Å²) < 4.78 is 24.5. The lowest BCUT2D eigenvalue weighted by atomic mass is 10.1. The number of nitro groups is 1. The Balaban J connectivity index is 1.76. The van der Waals surface area contributed by atoms with Gasteiger partial charge in [-0.3, -0.25) is 19.9 Å². The molecular weight excluding hydrogens is 394 g/mol. The van der Waals surface area contributed by atoms with Crippen LogP contribution in [-0.4, -0.2) is 43.0 Å². The van der Waals surface area contributed by atoms with E-state index in [0.717, 1.165) is 0 Å². The second-order valence-corrected chi connectivity index (χ2v) is 9.07. The second-order valence-electron chi connectivity index (χ2n) is 6.48. The van der Waals surface area contributed by atoms with Crippen LogP contribution in [0.3, 0.4) is 0 Å². The van der Waals surface area contributed by atoms with E-state index in [9.17, 15) is 23.3 Å². The van der Waals surface area contributed by atoms with Crippen molar-refractivity contribution in [2.24, 2.45) is 0 Å². The Morgan fingerprint density at radius 1 is 0.926 bits per heavy atom. The highest BCUT2D eigenvalue weighted by molar-refractivity contribution is 7.91. The van der Waals surface area contributed by atoms with Gasteiger partial charge in [-0.2, -0.15) is 0 Å². The summed E-state index contributed by atoms with van der Waals surface area (Å²) in [5.41, 5.74) is 0.880. The van der Waals surface area contributed by atoms with E-state index < -0.39 is 26.8 Å². The van der Waals surface area contributed by atoms with E-state index in [0.29, 0.717) is 16.4 Å². The highest BCUT2D eigenvalue weighted by atomic mass is 35.5. The third kappa shape index (κ3) is 3.02. The van der Waals surface area contributed by atoms with Crippen LogP contribution in [0.2, 0.25) is 5.02 Å². The molecule has 2 amide bonds. The maximum Gasteiger partial charge on any atom is 0.329 e. The first-order valence-electron chi connectivity index (χ1n) is 8.10. The van der Waals surface area contributed by atoms with Crippen LogP contribution in [0.5, 0.6) is 0 Å². The van der Waals surface area contributed by atoms with Crippen molar-refractivity contribution in [3.63, 3.8) is 0 Å². The summed E-state index contributed by atoms with van der Waals surface area (Å²) in [4.78, 5) is 26.3. The fourth-order valence-corrected chi connectivity index (χ4v) is 5.69. The molecule has 2 aromatic rings. The van der Waals surface area contributed by atoms with Gasteiger partial charge in [-0.25, -0.2) is 13.2 Å². The van der Waals surface area contributed by atoms with Gasteiger partial charge in [-0.05, 0) is 36.4 Å². The van der Waals surface area contributed by atoms with Gasteiger partial charge in [0.1, 0.15) is 0 Å². The van der Waals surface area contributed by atoms with Gasteiger partial charge in [0.05, 0.1) is 28.5 Å². The van der Waals surface area contributed by atoms with Gasteiger partial charge in [0.2, 0.25) is 0 Å². The summed E-state index contributed by atoms with van der Waals surface area (Å²) >= 11 is 5.91. The molecule has 0 aromatic heterocycles. The van der Waals surface area contributed by atoms with E-state index in [1.165, 1.54) is 34.1 Å². The van der Waals surface area contributed by atoms with Gasteiger partial charge in [0.25, 0.3) is 5.69 Å². The first-order valence-corrected chi connectivity index (χ1v) is 10.3. The largest absolute Gasteiger partial charge is 0.329 e. The molecule has 2 aliphatic heterocycles. The number of fused-ring (bicyclic) bond motifs is 1. The molecule has 2 atom stereocenters. The highest BCUT2D eigenvalue weighted by Crippen LogP contribution is 2.38. The summed E-state index contributed by atoms with van der Waals surface area (Å²) in [6, 6.07) is 10.7. The van der Waals surface area contributed by atoms with Crippen LogP contribution < -0.4 is 9.80 Å². The lowest BCUT2D eigenvalue weighted by molar-refractivity contribution is -0.384. The molecule has 0 bridgehead atoms. The van der Waals surface area contributed by atoms with Gasteiger partial charge < -0.3 is 0 Å². The molecule has 8 nitrogen and oxygen atoms in total. The van der Waals surface area contributed by atoms with Crippen LogP contribution in [0, 0.1) is 10.1 Å². The summed E-state index contributed by atoms with van der Waals surface area (Å²) in [7, 11) is -3.31. The Bertz CT molecular complexity index is 1020. The quantitative estimate of drug-likeness (QED) is 0.442. The minimum atomic E-state index is -3.31. The van der Waals surface area contributed by atoms with Crippen molar-refractivity contribution in [2.75, 3.05) is 21.3 Å². The maximum atomic E-state index is 13.1. The molecule has 10 heteroatoms. The fourth-order valence-electron chi connectivity index (χ4n) is 3.64. The number of urea groups is 1. The number of nitro benzene ring substituents is 1. The molecule has 27 heavy (non-hydrogen) atoms. The number of hydrogen-bond donors (Lipinski definition) is 0. The number of non-ortho nitro benzene ring substituents is 1. The number of amides is 2. The predicted octanol–water partition coefficient (Wildman–Crippen LogP) is 2.86. The average Bonchev–Trinajstić information content (AvgIpc) is 3.05. The Labute approximate surface area is 160 Å². The Hall–Kier alpha value is -2.65. The van der Waals surface area contributed by atoms with Crippen molar-refractivity contribution in [3.8, 4) is 0 Å². The molecule has 2 saturated heterocycles. The zero-order valence-corrected chi connectivity index (χ0v) is 15.4. The van der Waals surface area contributed by atoms with Gasteiger partial charge in [-0.15, -0.1) is 0 Å². The SMILES string of the molecule is O=C1N(c2ccc(Cl)cc2)[C@H]2CS(=O)(=O)C[C@@H]2N1c1ccc([N+](=O)[O-])cc1. The smallest absolute Gasteiger partial charge is 0.288 e. The number of carbonyl (C=O) groups excluding carboxylic acids is 1. The summed E-state index contributed by atoms with van der Waals surface area (Å²) in [6.07, 6.45) is 0. The van der Waals surface area contributed by atoms with Crippen molar-refractivity contribution in [2.45, 2.75) is 12.1 Å². The van der Waals surface area contributed by atoms with Crippen LogP contribution in [0.4, 0.5) is 21.9 Å². The van der Waals surface area contributed by atoms with E-state index in [-0.39, 0.29) is 23.2 Å². The maximum absolute atomic E-state index is 13.1. The number of rotatable bonds is 3. The average molecular weight is 408 g/mol. The summed E-state index contributed by atoms with van der Waals surface area (Å²) in [6.45, 7) is 0. The first-order chi connectivity index (χ1) is 12.8. The number of benzene rings is 2. The van der Waals surface area contributed by atoms with E-state index in [1.807, 2.05) is 0 Å². The molecule has 0 N–H and O–H groups in total. The van der Waals surface area contributed by atoms with E-state index in [4.69, 9.17) is 11.6 Å². The van der Waals surface area contributed by atoms with Crippen molar-refractivity contribution < 1.29 is 18.1 Å². The Morgan fingerprint density at radius 3 is 1.81 bits per heavy atom. The molecule has 2 aromatic carbocycles. The van der Waals surface area contributed by atoms with Gasteiger partial charge >= 0.3 is 6.03 Å². The first kappa shape index (κ1) is 17.7. The number of nitrogens with zero attached hydrogens (tertiary/aromatic N) is 3. The minimum Gasteiger partial charge on any atom is -0.288 e. The number of sulfone groups is 1. The molecule has 0 spiro atoms. The standard InChI is InChI=1S/C17H14ClN3O5S/c18-11-1-3-12(4-2-11)19-15-9-27(25,26)10-16(15)20(17(19)22)13-5-7-14(8-6-13)21(23)24/h1-8,15-16H,9-10H2/t15-,16-/m0/s1. The van der Waals surface area contributed by atoms with Gasteiger partial charge in [0.15, 0.2) is 9.84 Å². The highest BCUT2D eigenvalue weighted by Gasteiger charge is 2.54. The molecular formula is C17H14ClN3O5S. The summed E-state index contributed by atoms with van der Waals surface area (Å²) in [5.74, 6) is -0.278. The van der Waals surface area contributed by atoms with Gasteiger partial charge in [-0.1, -0.05) is 11.6 Å². The second kappa shape index (κ2) is 6.21. The molecule has 0 unspecified atom stereocenters. The Morgan fingerprint density at radius 2 is 1.37 bits per heavy atom. The minimum absolute atomic E-state index is 0.101. The summed E-state index contributed by atoms with van der Waals surface area (Å²) in [5, 5.41) is 11.4. The van der Waals surface area contributed by atoms with E-state index in [1.54, 1.807) is 24.3 Å². The lowest BCUT2D eigenvalue weighted by Crippen LogP contribution is -2.37. The van der Waals surface area contributed by atoms with Crippen LogP contribution >= 0.6 is 11.6 Å². The molecule has 140 valence electrons. The predicted molar refractivity (Wildman–Crippen MR) is 101 cm³/mol. The normalized spacial score (nSPS) is 23.5. The molecule has 2 heterocycles. The van der Waals surface area contributed by atoms with E-state index >= 15 is 0 Å². The third-order valence-electron chi connectivity index (χ3n) is 4.81. The van der Waals surface area contributed by atoms with Crippen LogP contribution in [0.25, 0.3) is 0 Å². The van der Waals surface area contributed by atoms with Crippen molar-refractivity contribution in [1.29, 1.82) is 0 Å². The van der Waals surface area contributed by atoms with Crippen molar-refractivity contribution >= 4 is 44.5 Å². The fraction of sp³-hybridized carbons (Fsp3) is 0.235. The van der Waals surface area contributed by atoms with E-state index in [2.05, 4.69) is 0 Å². The van der Waals surface area contributed by atoms with Crippen molar-refractivity contribution in [1.82, 2.24) is 0 Å². The van der Waals surface area contributed by atoms with Crippen LogP contribution in [-0.2, 0) is 9.84 Å². The number of carbonyl (C=O) groups is 1. The third-order valence-corrected chi connectivity index (χ3v) is 6.76. The number of anilines is 2. The lowest BCUT2D eigenvalue weighted by Gasteiger charge is -2.22. The van der Waals surface area contributed by atoms with Crippen LogP contribution in [0.1, 0.15) is 0 Å². The molecule has 2 fully saturated rings. The van der Waals surface area contributed by atoms with Crippen molar-refractivity contribution in [3.05, 3.63) is 63.7 Å². The topological polar surface area (TPSA) is 101 Å².